The number of anilines is 1. The summed E-state index contributed by atoms with van der Waals surface area (Å²) >= 11 is 0. The van der Waals surface area contributed by atoms with E-state index in [0.29, 0.717) is 11.5 Å². The van der Waals surface area contributed by atoms with Crippen LogP contribution in [0.3, 0.4) is 0 Å². The lowest BCUT2D eigenvalue weighted by Crippen LogP contribution is -2.02. The molecular weight excluding hydrogens is 180 g/mol. The summed E-state index contributed by atoms with van der Waals surface area (Å²) in [7, 11) is 0. The van der Waals surface area contributed by atoms with Crippen molar-refractivity contribution in [3.05, 3.63) is 30.5 Å². The van der Waals surface area contributed by atoms with Gasteiger partial charge in [0.15, 0.2) is 11.5 Å². The molecule has 0 aromatic carbocycles. The Balaban J connectivity index is 2.57. The molecule has 0 aliphatic rings. The first-order chi connectivity index (χ1) is 6.81. The van der Waals surface area contributed by atoms with Crippen molar-refractivity contribution in [2.45, 2.75) is 0 Å². The van der Waals surface area contributed by atoms with E-state index in [0.717, 1.165) is 0 Å². The van der Waals surface area contributed by atoms with Crippen LogP contribution < -0.4 is 5.73 Å². The summed E-state index contributed by atoms with van der Waals surface area (Å²) in [5.74, 6) is 0.381. The van der Waals surface area contributed by atoms with Gasteiger partial charge in [-0.15, -0.1) is 0 Å². The van der Waals surface area contributed by atoms with Crippen LogP contribution in [0.1, 0.15) is 5.69 Å². The minimum atomic E-state index is 0.218. The van der Waals surface area contributed by atoms with Crippen LogP contribution in [0.15, 0.2) is 24.8 Å². The number of hydrogen-bond donors (Lipinski definition) is 1. The molecule has 0 saturated heterocycles. The first-order valence-electron chi connectivity index (χ1n) is 3.83. The lowest BCUT2D eigenvalue weighted by Gasteiger charge is -1.99. The van der Waals surface area contributed by atoms with Crippen LogP contribution >= 0.6 is 0 Å². The third kappa shape index (κ3) is 1.27. The van der Waals surface area contributed by atoms with E-state index in [1.165, 1.54) is 23.3 Å². The quantitative estimate of drug-likeness (QED) is 0.682. The molecule has 2 N–H and O–H groups in total. The Morgan fingerprint density at radius 2 is 2.14 bits per heavy atom. The Hall–Kier alpha value is -2.42. The van der Waals surface area contributed by atoms with E-state index in [1.54, 1.807) is 6.20 Å². The van der Waals surface area contributed by atoms with Gasteiger partial charge in [-0.25, -0.2) is 14.6 Å². The van der Waals surface area contributed by atoms with E-state index in [2.05, 4.69) is 15.1 Å². The average Bonchev–Trinajstić information content (AvgIpc) is 2.65. The van der Waals surface area contributed by atoms with Gasteiger partial charge in [-0.1, -0.05) is 0 Å². The molecule has 0 fully saturated rings. The number of rotatable bonds is 1. The normalized spacial score (nSPS) is 9.64. The number of aromatic nitrogens is 4. The fraction of sp³-hybridized carbons (Fsp3) is 0. The van der Waals surface area contributed by atoms with Crippen LogP contribution in [0.2, 0.25) is 0 Å². The fourth-order valence-electron chi connectivity index (χ4n) is 1.03. The van der Waals surface area contributed by atoms with Crippen LogP contribution in [0.4, 0.5) is 5.69 Å². The van der Waals surface area contributed by atoms with Crippen molar-refractivity contribution in [1.82, 2.24) is 19.7 Å². The van der Waals surface area contributed by atoms with Gasteiger partial charge in [0.25, 0.3) is 0 Å². The average molecular weight is 186 g/mol. The van der Waals surface area contributed by atoms with E-state index in [-0.39, 0.29) is 5.69 Å². The SMILES string of the molecule is N#Cc1nccnc1-n1cc(N)cn1. The molecule has 6 nitrogen and oxygen atoms in total. The van der Waals surface area contributed by atoms with Crippen molar-refractivity contribution in [3.63, 3.8) is 0 Å². The van der Waals surface area contributed by atoms with Gasteiger partial charge in [0.1, 0.15) is 6.07 Å². The summed E-state index contributed by atoms with van der Waals surface area (Å²) in [4.78, 5) is 7.85. The van der Waals surface area contributed by atoms with Gasteiger partial charge in [0.2, 0.25) is 0 Å². The Morgan fingerprint density at radius 3 is 2.79 bits per heavy atom. The highest BCUT2D eigenvalue weighted by molar-refractivity contribution is 5.40. The van der Waals surface area contributed by atoms with E-state index in [9.17, 15) is 0 Å². The first kappa shape index (κ1) is 8.19. The molecule has 68 valence electrons. The van der Waals surface area contributed by atoms with Gasteiger partial charge in [-0.05, 0) is 0 Å². The zero-order chi connectivity index (χ0) is 9.97. The van der Waals surface area contributed by atoms with Gasteiger partial charge in [0.05, 0.1) is 18.1 Å². The summed E-state index contributed by atoms with van der Waals surface area (Å²) < 4.78 is 1.42. The van der Waals surface area contributed by atoms with Crippen molar-refractivity contribution in [2.24, 2.45) is 0 Å². The van der Waals surface area contributed by atoms with Crippen molar-refractivity contribution in [1.29, 1.82) is 5.26 Å². The maximum Gasteiger partial charge on any atom is 0.190 e. The Kier molecular flexibility index (Phi) is 1.84. The molecule has 0 spiro atoms. The molecule has 0 unspecified atom stereocenters. The second kappa shape index (κ2) is 3.14. The van der Waals surface area contributed by atoms with Crippen molar-refractivity contribution in [3.8, 4) is 11.9 Å². The molecule has 2 aromatic rings. The topological polar surface area (TPSA) is 93.4 Å². The van der Waals surface area contributed by atoms with Gasteiger partial charge in [0, 0.05) is 12.4 Å². The molecule has 14 heavy (non-hydrogen) atoms. The number of hydrogen-bond acceptors (Lipinski definition) is 5. The maximum absolute atomic E-state index is 8.76. The highest BCUT2D eigenvalue weighted by atomic mass is 15.3. The summed E-state index contributed by atoms with van der Waals surface area (Å²) in [5, 5.41) is 12.7. The lowest BCUT2D eigenvalue weighted by atomic mass is 10.4. The number of nitrogen functional groups attached to an aromatic ring is 1. The van der Waals surface area contributed by atoms with Crippen molar-refractivity contribution >= 4 is 5.69 Å². The smallest absolute Gasteiger partial charge is 0.190 e. The predicted octanol–water partition coefficient (Wildman–Crippen LogP) is 0.116. The Labute approximate surface area is 79.6 Å². The van der Waals surface area contributed by atoms with Crippen LogP contribution in [-0.4, -0.2) is 19.7 Å². The summed E-state index contributed by atoms with van der Waals surface area (Å²) in [6.07, 6.45) is 6.00. The number of nitrogens with zero attached hydrogens (tertiary/aromatic N) is 5. The van der Waals surface area contributed by atoms with Crippen LogP contribution in [0, 0.1) is 11.3 Å². The van der Waals surface area contributed by atoms with Gasteiger partial charge in [-0.2, -0.15) is 10.4 Å². The number of nitriles is 1. The fourth-order valence-corrected chi connectivity index (χ4v) is 1.03. The van der Waals surface area contributed by atoms with Crippen LogP contribution in [0.25, 0.3) is 5.82 Å². The Bertz CT molecular complexity index is 495. The standard InChI is InChI=1S/C8H6N6/c9-3-7-8(12-2-1-11-7)14-5-6(10)4-13-14/h1-2,4-5H,10H2. The second-order valence-electron chi connectivity index (χ2n) is 2.56. The molecule has 0 atom stereocenters. The molecule has 6 heteroatoms. The molecule has 0 radical (unpaired) electrons. The zero-order valence-electron chi connectivity index (χ0n) is 7.12. The monoisotopic (exact) mass is 186 g/mol. The molecule has 0 aliphatic carbocycles. The molecular formula is C8H6N6. The molecule has 0 aliphatic heterocycles. The zero-order valence-corrected chi connectivity index (χ0v) is 7.12. The molecule has 2 aromatic heterocycles. The van der Waals surface area contributed by atoms with Crippen molar-refractivity contribution < 1.29 is 0 Å². The third-order valence-electron chi connectivity index (χ3n) is 1.60. The van der Waals surface area contributed by atoms with E-state index in [1.807, 2.05) is 6.07 Å². The molecule has 0 amide bonds. The lowest BCUT2D eigenvalue weighted by molar-refractivity contribution is 0.832. The third-order valence-corrected chi connectivity index (χ3v) is 1.60. The van der Waals surface area contributed by atoms with Gasteiger partial charge < -0.3 is 5.73 Å². The predicted molar refractivity (Wildman–Crippen MR) is 48.3 cm³/mol. The minimum absolute atomic E-state index is 0.218. The molecule has 0 saturated carbocycles. The highest BCUT2D eigenvalue weighted by Gasteiger charge is 2.06. The van der Waals surface area contributed by atoms with Crippen molar-refractivity contribution in [2.75, 3.05) is 5.73 Å². The van der Waals surface area contributed by atoms with Gasteiger partial charge >= 0.3 is 0 Å². The minimum Gasteiger partial charge on any atom is -0.396 e. The summed E-state index contributed by atoms with van der Waals surface area (Å²) in [5.41, 5.74) is 6.22. The largest absolute Gasteiger partial charge is 0.396 e. The first-order valence-corrected chi connectivity index (χ1v) is 3.83. The van der Waals surface area contributed by atoms with E-state index >= 15 is 0 Å². The summed E-state index contributed by atoms with van der Waals surface area (Å²) in [6.45, 7) is 0. The molecule has 2 heterocycles. The van der Waals surface area contributed by atoms with E-state index < -0.39 is 0 Å². The molecule has 2 rings (SSSR count). The number of nitrogens with two attached hydrogens (primary N) is 1. The summed E-state index contributed by atoms with van der Waals surface area (Å²) in [6, 6.07) is 1.93. The Morgan fingerprint density at radius 1 is 1.36 bits per heavy atom. The maximum atomic E-state index is 8.76. The molecule has 0 bridgehead atoms. The van der Waals surface area contributed by atoms with E-state index in [4.69, 9.17) is 11.0 Å². The second-order valence-corrected chi connectivity index (χ2v) is 2.56. The van der Waals surface area contributed by atoms with Crippen LogP contribution in [-0.2, 0) is 0 Å². The van der Waals surface area contributed by atoms with Gasteiger partial charge in [-0.3, -0.25) is 0 Å². The van der Waals surface area contributed by atoms with Crippen LogP contribution in [0.5, 0.6) is 0 Å². The highest BCUT2D eigenvalue weighted by Crippen LogP contribution is 2.08.